The average Bonchev–Trinajstić information content (AvgIpc) is 2.87. The highest BCUT2D eigenvalue weighted by Gasteiger charge is 2.47. The normalized spacial score (nSPS) is 35.4. The SMILES string of the molecule is OC(C1CCOC2(CCOCC2)C1)C1(O)CCCC1. The van der Waals surface area contributed by atoms with Crippen molar-refractivity contribution in [2.75, 3.05) is 19.8 Å². The van der Waals surface area contributed by atoms with E-state index in [9.17, 15) is 10.2 Å². The molecule has 1 spiro atoms. The topological polar surface area (TPSA) is 58.9 Å². The third-order valence-electron chi connectivity index (χ3n) is 5.40. The molecule has 4 heteroatoms. The number of hydrogen-bond donors (Lipinski definition) is 2. The molecule has 3 aliphatic rings. The third kappa shape index (κ3) is 2.68. The molecular weight excluding hydrogens is 244 g/mol. The fourth-order valence-electron chi connectivity index (χ4n) is 4.15. The highest BCUT2D eigenvalue weighted by Crippen LogP contribution is 2.43. The molecule has 0 aromatic carbocycles. The number of ether oxygens (including phenoxy) is 2. The molecule has 2 heterocycles. The molecule has 2 unspecified atom stereocenters. The first-order valence-corrected chi connectivity index (χ1v) is 7.76. The van der Waals surface area contributed by atoms with Crippen LogP contribution < -0.4 is 0 Å². The van der Waals surface area contributed by atoms with Crippen molar-refractivity contribution in [1.82, 2.24) is 0 Å². The van der Waals surface area contributed by atoms with E-state index in [1.54, 1.807) is 0 Å². The summed E-state index contributed by atoms with van der Waals surface area (Å²) >= 11 is 0. The van der Waals surface area contributed by atoms with Gasteiger partial charge in [-0.25, -0.2) is 0 Å². The Morgan fingerprint density at radius 1 is 1.00 bits per heavy atom. The first-order chi connectivity index (χ1) is 9.14. The van der Waals surface area contributed by atoms with Crippen LogP contribution in [-0.2, 0) is 9.47 Å². The summed E-state index contributed by atoms with van der Waals surface area (Å²) in [4.78, 5) is 0. The van der Waals surface area contributed by atoms with E-state index in [1.807, 2.05) is 0 Å². The number of rotatable bonds is 2. The molecule has 0 amide bonds. The van der Waals surface area contributed by atoms with Crippen LogP contribution >= 0.6 is 0 Å². The van der Waals surface area contributed by atoms with E-state index in [-0.39, 0.29) is 11.5 Å². The van der Waals surface area contributed by atoms with Gasteiger partial charge in [-0.2, -0.15) is 0 Å². The minimum absolute atomic E-state index is 0.100. The van der Waals surface area contributed by atoms with E-state index in [1.165, 1.54) is 0 Å². The number of hydrogen-bond acceptors (Lipinski definition) is 4. The fraction of sp³-hybridized carbons (Fsp3) is 1.00. The van der Waals surface area contributed by atoms with Crippen LogP contribution in [0.25, 0.3) is 0 Å². The van der Waals surface area contributed by atoms with Gasteiger partial charge in [0.2, 0.25) is 0 Å². The highest BCUT2D eigenvalue weighted by molar-refractivity contribution is 4.98. The van der Waals surface area contributed by atoms with Gasteiger partial charge in [-0.3, -0.25) is 0 Å². The molecule has 0 aromatic heterocycles. The second-order valence-corrected chi connectivity index (χ2v) is 6.65. The van der Waals surface area contributed by atoms with Gasteiger partial charge in [0.05, 0.1) is 17.3 Å². The molecule has 2 N–H and O–H groups in total. The van der Waals surface area contributed by atoms with Gasteiger partial charge >= 0.3 is 0 Å². The van der Waals surface area contributed by atoms with E-state index in [4.69, 9.17) is 9.47 Å². The lowest BCUT2D eigenvalue weighted by atomic mass is 9.74. The van der Waals surface area contributed by atoms with Crippen molar-refractivity contribution in [1.29, 1.82) is 0 Å². The average molecular weight is 270 g/mol. The van der Waals surface area contributed by atoms with Crippen molar-refractivity contribution < 1.29 is 19.7 Å². The number of aliphatic hydroxyl groups excluding tert-OH is 1. The van der Waals surface area contributed by atoms with E-state index in [0.717, 1.165) is 64.6 Å². The second-order valence-electron chi connectivity index (χ2n) is 6.65. The molecule has 3 fully saturated rings. The van der Waals surface area contributed by atoms with Crippen LogP contribution in [0.2, 0.25) is 0 Å². The van der Waals surface area contributed by atoms with Gasteiger partial charge in [-0.1, -0.05) is 12.8 Å². The Balaban J connectivity index is 1.67. The summed E-state index contributed by atoms with van der Waals surface area (Å²) in [7, 11) is 0. The Labute approximate surface area is 115 Å². The summed E-state index contributed by atoms with van der Waals surface area (Å²) in [5, 5.41) is 21.2. The Kier molecular flexibility index (Phi) is 3.87. The van der Waals surface area contributed by atoms with Crippen molar-refractivity contribution in [3.05, 3.63) is 0 Å². The van der Waals surface area contributed by atoms with E-state index in [2.05, 4.69) is 0 Å². The van der Waals surface area contributed by atoms with Gasteiger partial charge in [-0.05, 0) is 44.4 Å². The largest absolute Gasteiger partial charge is 0.390 e. The minimum Gasteiger partial charge on any atom is -0.390 e. The van der Waals surface area contributed by atoms with Gasteiger partial charge in [0.25, 0.3) is 0 Å². The van der Waals surface area contributed by atoms with Crippen molar-refractivity contribution >= 4 is 0 Å². The Bertz CT molecular complexity index is 300. The van der Waals surface area contributed by atoms with E-state index >= 15 is 0 Å². The zero-order valence-electron chi connectivity index (χ0n) is 11.6. The van der Waals surface area contributed by atoms with Crippen LogP contribution in [0.1, 0.15) is 51.4 Å². The summed E-state index contributed by atoms with van der Waals surface area (Å²) in [6.45, 7) is 2.22. The summed E-state index contributed by atoms with van der Waals surface area (Å²) < 4.78 is 11.4. The Hall–Kier alpha value is -0.160. The van der Waals surface area contributed by atoms with Crippen LogP contribution in [-0.4, -0.2) is 47.3 Å². The summed E-state index contributed by atoms with van der Waals surface area (Å²) in [6, 6.07) is 0. The first kappa shape index (κ1) is 13.8. The van der Waals surface area contributed by atoms with Crippen LogP contribution in [0.15, 0.2) is 0 Å². The molecule has 1 saturated carbocycles. The van der Waals surface area contributed by atoms with Gasteiger partial charge < -0.3 is 19.7 Å². The van der Waals surface area contributed by atoms with Crippen molar-refractivity contribution in [3.63, 3.8) is 0 Å². The molecule has 0 aromatic rings. The molecule has 0 bridgehead atoms. The maximum atomic E-state index is 10.6. The maximum Gasteiger partial charge on any atom is 0.0908 e. The van der Waals surface area contributed by atoms with Crippen LogP contribution in [0, 0.1) is 5.92 Å². The lowest BCUT2D eigenvalue weighted by Gasteiger charge is -2.46. The fourth-order valence-corrected chi connectivity index (χ4v) is 4.15. The predicted molar refractivity (Wildman–Crippen MR) is 70.9 cm³/mol. The summed E-state index contributed by atoms with van der Waals surface area (Å²) in [5.74, 6) is 0.176. The molecule has 4 nitrogen and oxygen atoms in total. The van der Waals surface area contributed by atoms with Crippen molar-refractivity contribution in [3.8, 4) is 0 Å². The Morgan fingerprint density at radius 2 is 1.68 bits per heavy atom. The molecule has 19 heavy (non-hydrogen) atoms. The molecule has 110 valence electrons. The highest BCUT2D eigenvalue weighted by atomic mass is 16.5. The third-order valence-corrected chi connectivity index (χ3v) is 5.40. The predicted octanol–water partition coefficient (Wildman–Crippen LogP) is 1.63. The summed E-state index contributed by atoms with van der Waals surface area (Å²) in [6.07, 6.45) is 6.59. The zero-order chi connectivity index (χ0) is 13.3. The Morgan fingerprint density at radius 3 is 2.37 bits per heavy atom. The van der Waals surface area contributed by atoms with Crippen molar-refractivity contribution in [2.45, 2.75) is 68.7 Å². The monoisotopic (exact) mass is 270 g/mol. The zero-order valence-corrected chi connectivity index (χ0v) is 11.6. The van der Waals surface area contributed by atoms with Crippen molar-refractivity contribution in [2.24, 2.45) is 5.92 Å². The van der Waals surface area contributed by atoms with Gasteiger partial charge in [0.1, 0.15) is 0 Å². The molecule has 2 saturated heterocycles. The lowest BCUT2D eigenvalue weighted by molar-refractivity contribution is -0.179. The lowest BCUT2D eigenvalue weighted by Crippen LogP contribution is -2.52. The van der Waals surface area contributed by atoms with Gasteiger partial charge in [0, 0.05) is 19.8 Å². The molecule has 3 rings (SSSR count). The standard InChI is InChI=1S/C15H26O4/c16-13(15(17)4-1-2-5-15)12-3-8-19-14(11-12)6-9-18-10-7-14/h12-13,16-17H,1-11H2. The quantitative estimate of drug-likeness (QED) is 0.800. The van der Waals surface area contributed by atoms with Gasteiger partial charge in [0.15, 0.2) is 0 Å². The first-order valence-electron chi connectivity index (χ1n) is 7.76. The molecular formula is C15H26O4. The molecule has 1 aliphatic carbocycles. The second kappa shape index (κ2) is 5.32. The van der Waals surface area contributed by atoms with E-state index in [0.29, 0.717) is 6.61 Å². The minimum atomic E-state index is -0.839. The molecule has 2 atom stereocenters. The summed E-state index contributed by atoms with van der Waals surface area (Å²) in [5.41, 5.74) is -0.939. The van der Waals surface area contributed by atoms with Crippen LogP contribution in [0.4, 0.5) is 0 Å². The maximum absolute atomic E-state index is 10.6. The molecule has 2 aliphatic heterocycles. The smallest absolute Gasteiger partial charge is 0.0908 e. The molecule has 0 radical (unpaired) electrons. The van der Waals surface area contributed by atoms with Gasteiger partial charge in [-0.15, -0.1) is 0 Å². The van der Waals surface area contributed by atoms with E-state index < -0.39 is 11.7 Å². The van der Waals surface area contributed by atoms with Crippen LogP contribution in [0.3, 0.4) is 0 Å². The van der Waals surface area contributed by atoms with Crippen LogP contribution in [0.5, 0.6) is 0 Å². The number of aliphatic hydroxyl groups is 2.